The molecule has 0 radical (unpaired) electrons. The Bertz CT molecular complexity index is 809. The number of allylic oxidation sites excluding steroid dienone is 9. The molecule has 292 valence electrons. The predicted molar refractivity (Wildman–Crippen MR) is 228 cm³/mol. The fraction of sp³-hybridized carbons (Fsp3) is 0.792. The number of hydrogen-bond acceptors (Lipinski definition) is 2. The SMILES string of the molecule is CCCCC/C=C\C/C=C\CCCCCCCCC(CCCCCCCC/C=C\C/C=C\CCCCC)O/C=C/C(C)(C)CC(C)(C)N(C)C. The second kappa shape index (κ2) is 34.5. The average Bonchev–Trinajstić information content (AvgIpc) is 3.06. The van der Waals surface area contributed by atoms with Crippen molar-refractivity contribution in [1.29, 1.82) is 0 Å². The van der Waals surface area contributed by atoms with Crippen molar-refractivity contribution in [2.45, 2.75) is 227 Å². The van der Waals surface area contributed by atoms with Crippen molar-refractivity contribution in [2.75, 3.05) is 14.1 Å². The first-order valence-corrected chi connectivity index (χ1v) is 21.7. The average molecular weight is 696 g/mol. The number of unbranched alkanes of at least 4 members (excludes halogenated alkanes) is 18. The van der Waals surface area contributed by atoms with Crippen LogP contribution in [0.3, 0.4) is 0 Å². The molecule has 0 aromatic carbocycles. The summed E-state index contributed by atoms with van der Waals surface area (Å²) in [6.07, 6.45) is 58.5. The van der Waals surface area contributed by atoms with Crippen molar-refractivity contribution >= 4 is 0 Å². The van der Waals surface area contributed by atoms with Gasteiger partial charge in [0.2, 0.25) is 0 Å². The Morgan fingerprint density at radius 1 is 0.480 bits per heavy atom. The van der Waals surface area contributed by atoms with E-state index in [9.17, 15) is 0 Å². The molecule has 0 saturated carbocycles. The maximum atomic E-state index is 6.48. The molecule has 0 amide bonds. The number of hydrogen-bond donors (Lipinski definition) is 0. The second-order valence-corrected chi connectivity index (χ2v) is 16.7. The highest BCUT2D eigenvalue weighted by atomic mass is 16.5. The molecule has 0 atom stereocenters. The molecule has 0 bridgehead atoms. The third-order valence-corrected chi connectivity index (χ3v) is 10.3. The van der Waals surface area contributed by atoms with Crippen molar-refractivity contribution in [3.63, 3.8) is 0 Å². The van der Waals surface area contributed by atoms with Gasteiger partial charge in [-0.15, -0.1) is 0 Å². The molecule has 2 heteroatoms. The van der Waals surface area contributed by atoms with Gasteiger partial charge >= 0.3 is 0 Å². The summed E-state index contributed by atoms with van der Waals surface area (Å²) in [6, 6.07) is 0. The fourth-order valence-corrected chi connectivity index (χ4v) is 6.67. The summed E-state index contributed by atoms with van der Waals surface area (Å²) in [5.74, 6) is 0. The van der Waals surface area contributed by atoms with E-state index in [1.807, 2.05) is 0 Å². The first-order valence-electron chi connectivity index (χ1n) is 21.7. The van der Waals surface area contributed by atoms with Crippen molar-refractivity contribution in [1.82, 2.24) is 4.90 Å². The fourth-order valence-electron chi connectivity index (χ4n) is 6.67. The molecule has 0 saturated heterocycles. The molecule has 0 unspecified atom stereocenters. The topological polar surface area (TPSA) is 12.5 Å². The van der Waals surface area contributed by atoms with E-state index in [0.717, 1.165) is 19.3 Å². The van der Waals surface area contributed by atoms with Crippen LogP contribution in [0, 0.1) is 5.41 Å². The van der Waals surface area contributed by atoms with Crippen LogP contribution in [0.4, 0.5) is 0 Å². The van der Waals surface area contributed by atoms with Crippen LogP contribution in [0.25, 0.3) is 0 Å². The summed E-state index contributed by atoms with van der Waals surface area (Å²) in [5.41, 5.74) is 0.272. The minimum Gasteiger partial charge on any atom is -0.498 e. The molecule has 50 heavy (non-hydrogen) atoms. The summed E-state index contributed by atoms with van der Waals surface area (Å²) >= 11 is 0. The quantitative estimate of drug-likeness (QED) is 0.0367. The molecule has 0 rings (SSSR count). The molecule has 0 heterocycles. The lowest BCUT2D eigenvalue weighted by Gasteiger charge is -2.38. The molecule has 0 N–H and O–H groups in total. The van der Waals surface area contributed by atoms with Gasteiger partial charge in [0, 0.05) is 5.54 Å². The summed E-state index contributed by atoms with van der Waals surface area (Å²) < 4.78 is 6.48. The molecule has 0 aliphatic carbocycles. The molecule has 0 aromatic heterocycles. The highest BCUT2D eigenvalue weighted by Gasteiger charge is 2.28. The smallest absolute Gasteiger partial charge is 0.0978 e. The number of nitrogens with zero attached hydrogens (tertiary/aromatic N) is 1. The summed E-state index contributed by atoms with van der Waals surface area (Å²) in [4.78, 5) is 2.34. The monoisotopic (exact) mass is 696 g/mol. The van der Waals surface area contributed by atoms with Gasteiger partial charge < -0.3 is 9.64 Å². The molecule has 0 aromatic rings. The Morgan fingerprint density at radius 3 is 1.22 bits per heavy atom. The van der Waals surface area contributed by atoms with Gasteiger partial charge in [-0.1, -0.05) is 153 Å². The van der Waals surface area contributed by atoms with Gasteiger partial charge in [-0.2, -0.15) is 0 Å². The van der Waals surface area contributed by atoms with Crippen LogP contribution in [0.15, 0.2) is 60.9 Å². The van der Waals surface area contributed by atoms with Gasteiger partial charge in [-0.3, -0.25) is 0 Å². The minimum atomic E-state index is 0.110. The van der Waals surface area contributed by atoms with E-state index in [-0.39, 0.29) is 11.0 Å². The van der Waals surface area contributed by atoms with Crippen LogP contribution in [0.5, 0.6) is 0 Å². The van der Waals surface area contributed by atoms with Crippen molar-refractivity contribution < 1.29 is 4.74 Å². The van der Waals surface area contributed by atoms with Gasteiger partial charge in [-0.25, -0.2) is 0 Å². The van der Waals surface area contributed by atoms with Crippen LogP contribution in [0.1, 0.15) is 215 Å². The van der Waals surface area contributed by atoms with Crippen molar-refractivity contribution in [2.24, 2.45) is 5.41 Å². The van der Waals surface area contributed by atoms with E-state index in [1.165, 1.54) is 154 Å². The Balaban J connectivity index is 4.36. The summed E-state index contributed by atoms with van der Waals surface area (Å²) in [7, 11) is 4.37. The largest absolute Gasteiger partial charge is 0.498 e. The maximum Gasteiger partial charge on any atom is 0.0978 e. The highest BCUT2D eigenvalue weighted by Crippen LogP contribution is 2.32. The van der Waals surface area contributed by atoms with E-state index < -0.39 is 0 Å². The zero-order valence-corrected chi connectivity index (χ0v) is 35.3. The second-order valence-electron chi connectivity index (χ2n) is 16.7. The Kier molecular flexibility index (Phi) is 33.5. The van der Waals surface area contributed by atoms with Crippen molar-refractivity contribution in [3.05, 3.63) is 60.9 Å². The summed E-state index contributed by atoms with van der Waals surface area (Å²) in [6.45, 7) is 13.9. The standard InChI is InChI=1S/C48H89NO/c1-9-11-13-15-17-19-21-23-25-27-29-31-33-35-37-39-41-46(50-44-43-47(3,4)45-48(5,6)49(7)8)42-40-38-36-34-32-30-28-26-24-22-20-18-16-14-12-10-2/h17-20,23-26,43-44,46H,9-16,21-22,27-42,45H2,1-8H3/b19-17-,20-18-,25-23-,26-24-,44-43+. The van der Waals surface area contributed by atoms with Gasteiger partial charge in [0.15, 0.2) is 0 Å². The first kappa shape index (κ1) is 48.5. The molecular formula is C48H89NO. The lowest BCUT2D eigenvalue weighted by molar-refractivity contribution is 0.112. The van der Waals surface area contributed by atoms with Gasteiger partial charge in [0.05, 0.1) is 12.4 Å². The molecule has 0 spiro atoms. The molecular weight excluding hydrogens is 607 g/mol. The molecule has 2 nitrogen and oxygen atoms in total. The van der Waals surface area contributed by atoms with Crippen LogP contribution in [-0.2, 0) is 4.74 Å². The minimum absolute atomic E-state index is 0.110. The lowest BCUT2D eigenvalue weighted by Crippen LogP contribution is -2.41. The van der Waals surface area contributed by atoms with E-state index >= 15 is 0 Å². The molecule has 0 fully saturated rings. The normalized spacial score (nSPS) is 13.3. The van der Waals surface area contributed by atoms with E-state index in [4.69, 9.17) is 4.74 Å². The van der Waals surface area contributed by atoms with Gasteiger partial charge in [0.1, 0.15) is 0 Å². The van der Waals surface area contributed by atoms with Gasteiger partial charge in [0.25, 0.3) is 0 Å². The third kappa shape index (κ3) is 33.6. The molecule has 0 aliphatic heterocycles. The predicted octanol–water partition coefficient (Wildman–Crippen LogP) is 16.0. The van der Waals surface area contributed by atoms with Crippen molar-refractivity contribution in [3.8, 4) is 0 Å². The highest BCUT2D eigenvalue weighted by molar-refractivity contribution is 4.97. The van der Waals surface area contributed by atoms with Crippen LogP contribution in [0.2, 0.25) is 0 Å². The van der Waals surface area contributed by atoms with E-state index in [2.05, 4.69) is 121 Å². The van der Waals surface area contributed by atoms with Gasteiger partial charge in [-0.05, 0) is 136 Å². The maximum absolute atomic E-state index is 6.48. The zero-order valence-electron chi connectivity index (χ0n) is 35.3. The van der Waals surface area contributed by atoms with Crippen LogP contribution < -0.4 is 0 Å². The third-order valence-electron chi connectivity index (χ3n) is 10.3. The lowest BCUT2D eigenvalue weighted by atomic mass is 9.79. The van der Waals surface area contributed by atoms with E-state index in [1.54, 1.807) is 0 Å². The Morgan fingerprint density at radius 2 is 0.840 bits per heavy atom. The van der Waals surface area contributed by atoms with Crippen LogP contribution >= 0.6 is 0 Å². The van der Waals surface area contributed by atoms with E-state index in [0.29, 0.717) is 6.10 Å². The zero-order chi connectivity index (χ0) is 37.0. The Labute approximate surface area is 315 Å². The molecule has 0 aliphatic rings. The Hall–Kier alpha value is -1.54. The van der Waals surface area contributed by atoms with Crippen LogP contribution in [-0.4, -0.2) is 30.6 Å². The number of rotatable bonds is 36. The number of ether oxygens (including phenoxy) is 1. The summed E-state index contributed by atoms with van der Waals surface area (Å²) in [5, 5.41) is 0. The first-order chi connectivity index (χ1) is 24.1.